The first kappa shape index (κ1) is 16.7. The first-order valence-corrected chi connectivity index (χ1v) is 8.56. The number of aliphatic hydroxyl groups excluding tert-OH is 2. The second kappa shape index (κ2) is 6.03. The number of nitrogens with zero attached hydrogens (tertiary/aromatic N) is 4. The van der Waals surface area contributed by atoms with E-state index in [0.29, 0.717) is 22.0 Å². The van der Waals surface area contributed by atoms with Crippen LogP contribution in [0.15, 0.2) is 18.6 Å². The Hall–Kier alpha value is -2.46. The van der Waals surface area contributed by atoms with E-state index < -0.39 is 30.6 Å². The molecule has 3 aromatic heterocycles. The van der Waals surface area contributed by atoms with E-state index in [0.717, 1.165) is 11.1 Å². The van der Waals surface area contributed by atoms with Crippen LogP contribution in [0, 0.1) is 0 Å². The number of nitrogens with one attached hydrogen (secondary N) is 1. The summed E-state index contributed by atoms with van der Waals surface area (Å²) >= 11 is 0. The van der Waals surface area contributed by atoms with E-state index in [1.54, 1.807) is 10.8 Å². The van der Waals surface area contributed by atoms with Crippen LogP contribution in [-0.4, -0.2) is 73.3 Å². The summed E-state index contributed by atoms with van der Waals surface area (Å²) in [5.41, 5.74) is -0.0412. The molecule has 0 bridgehead atoms. The van der Waals surface area contributed by atoms with E-state index in [1.807, 2.05) is 25.1 Å². The molecule has 4 heterocycles. The zero-order valence-electron chi connectivity index (χ0n) is 16.3. The van der Waals surface area contributed by atoms with Gasteiger partial charge in [-0.15, -0.1) is 0 Å². The minimum absolute atomic E-state index is 0.209. The average molecular weight is 375 g/mol. The number of hydrogen-bond acceptors (Lipinski definition) is 7. The van der Waals surface area contributed by atoms with E-state index in [2.05, 4.69) is 21.5 Å². The van der Waals surface area contributed by atoms with Crippen LogP contribution in [0.2, 0.25) is 0 Å². The molecule has 0 aromatic carbocycles. The SMILES string of the molecule is [3H]c1nc2[nH]c(=C)cc(N(C)C)c3cn([C@@H]4O[C@H](CO)[C@@H](O)[C@]4(C)O)c(n1)c23. The highest BCUT2D eigenvalue weighted by Gasteiger charge is 2.53. The quantitative estimate of drug-likeness (QED) is 0.495. The maximum absolute atomic E-state index is 10.9. The molecule has 3 aromatic rings. The summed E-state index contributed by atoms with van der Waals surface area (Å²) in [5, 5.41) is 32.8. The van der Waals surface area contributed by atoms with Gasteiger partial charge in [-0.2, -0.15) is 0 Å². The molecule has 4 N–H and O–H groups in total. The van der Waals surface area contributed by atoms with Gasteiger partial charge in [0.1, 0.15) is 36.8 Å². The lowest BCUT2D eigenvalue weighted by atomic mass is 9.96. The van der Waals surface area contributed by atoms with Gasteiger partial charge < -0.3 is 34.5 Å². The predicted octanol–water partition coefficient (Wildman–Crippen LogP) is -0.328. The Morgan fingerprint density at radius 1 is 1.48 bits per heavy atom. The minimum atomic E-state index is -1.67. The molecule has 1 aliphatic rings. The fourth-order valence-corrected chi connectivity index (χ4v) is 3.69. The number of aromatic amines is 1. The fraction of sp³-hybridized carbons (Fsp3) is 0.444. The van der Waals surface area contributed by atoms with Crippen LogP contribution >= 0.6 is 0 Å². The van der Waals surface area contributed by atoms with Crippen LogP contribution in [0.1, 0.15) is 14.5 Å². The van der Waals surface area contributed by atoms with Crippen molar-refractivity contribution in [2.45, 2.75) is 31.0 Å². The Kier molecular flexibility index (Phi) is 3.73. The average Bonchev–Trinajstić information content (AvgIpc) is 3.02. The summed E-state index contributed by atoms with van der Waals surface area (Å²) in [4.78, 5) is 13.4. The second-order valence-corrected chi connectivity index (χ2v) is 7.28. The lowest BCUT2D eigenvalue weighted by molar-refractivity contribution is -0.0947. The highest BCUT2D eigenvalue weighted by atomic mass is 16.6. The van der Waals surface area contributed by atoms with Gasteiger partial charge in [0.25, 0.3) is 0 Å². The smallest absolute Gasteiger partial charge is 0.167 e. The van der Waals surface area contributed by atoms with Gasteiger partial charge in [-0.05, 0) is 13.0 Å². The summed E-state index contributed by atoms with van der Waals surface area (Å²) < 4.78 is 15.3. The molecule has 0 saturated carbocycles. The molecule has 27 heavy (non-hydrogen) atoms. The third-order valence-corrected chi connectivity index (χ3v) is 5.10. The van der Waals surface area contributed by atoms with E-state index in [9.17, 15) is 15.3 Å². The minimum Gasteiger partial charge on any atom is -0.394 e. The van der Waals surface area contributed by atoms with Crippen molar-refractivity contribution in [3.63, 3.8) is 0 Å². The maximum atomic E-state index is 10.9. The molecular formula is C18H23N5O4. The number of ether oxygens (including phenoxy) is 1. The van der Waals surface area contributed by atoms with Gasteiger partial charge >= 0.3 is 0 Å². The van der Waals surface area contributed by atoms with Crippen molar-refractivity contribution in [1.82, 2.24) is 19.5 Å². The van der Waals surface area contributed by atoms with E-state index in [1.165, 1.54) is 6.92 Å². The fourth-order valence-electron chi connectivity index (χ4n) is 3.69. The summed E-state index contributed by atoms with van der Waals surface area (Å²) in [6.45, 7) is 4.98. The first-order chi connectivity index (χ1) is 13.1. The number of hydrogen-bond donors (Lipinski definition) is 4. The largest absolute Gasteiger partial charge is 0.394 e. The molecule has 9 heteroatoms. The van der Waals surface area contributed by atoms with Gasteiger partial charge in [-0.3, -0.25) is 0 Å². The summed E-state index contributed by atoms with van der Waals surface area (Å²) in [6, 6.07) is 1.85. The Labute approximate surface area is 156 Å². The molecule has 0 spiro atoms. The Bertz CT molecular complexity index is 1120. The van der Waals surface area contributed by atoms with Gasteiger partial charge in [-0.25, -0.2) is 9.97 Å². The molecule has 0 unspecified atom stereocenters. The van der Waals surface area contributed by atoms with Crippen molar-refractivity contribution in [2.24, 2.45) is 0 Å². The number of aromatic nitrogens is 4. The predicted molar refractivity (Wildman–Crippen MR) is 101 cm³/mol. The summed E-state index contributed by atoms with van der Waals surface area (Å²) in [5.74, 6) is 0. The van der Waals surface area contributed by atoms with Crippen molar-refractivity contribution in [3.8, 4) is 0 Å². The van der Waals surface area contributed by atoms with Gasteiger partial charge in [0, 0.05) is 36.7 Å². The molecule has 9 nitrogen and oxygen atoms in total. The van der Waals surface area contributed by atoms with Crippen molar-refractivity contribution in [1.29, 1.82) is 0 Å². The number of H-pyrrole nitrogens is 1. The maximum Gasteiger partial charge on any atom is 0.167 e. The molecule has 4 rings (SSSR count). The Balaban J connectivity index is 2.09. The van der Waals surface area contributed by atoms with Crippen molar-refractivity contribution < 1.29 is 21.4 Å². The highest BCUT2D eigenvalue weighted by molar-refractivity contribution is 6.09. The van der Waals surface area contributed by atoms with Gasteiger partial charge in [0.05, 0.1) is 12.0 Å². The lowest BCUT2D eigenvalue weighted by Crippen LogP contribution is -2.44. The first-order valence-electron chi connectivity index (χ1n) is 9.06. The van der Waals surface area contributed by atoms with E-state index in [-0.39, 0.29) is 6.30 Å². The highest BCUT2D eigenvalue weighted by Crippen LogP contribution is 2.41. The molecule has 0 radical (unpaired) electrons. The normalized spacial score (nSPS) is 28.8. The molecule has 0 amide bonds. The van der Waals surface area contributed by atoms with E-state index >= 15 is 0 Å². The van der Waals surface area contributed by atoms with Crippen molar-refractivity contribution in [3.05, 3.63) is 23.9 Å². The van der Waals surface area contributed by atoms with Crippen molar-refractivity contribution in [2.75, 3.05) is 25.6 Å². The standard InChI is InChI=1S/C18H23N5O4/c1-9-5-11(22(3)4)10-6-23(16-13(10)15(21-9)19-8-20-16)17-18(2,26)14(25)12(7-24)27-17/h5-6,8,12,14,17,24-26H,1,7H2,2-4H3,(H,19,20,21)/t12-,14-,17-,18+/m1/s1/i8T. The Morgan fingerprint density at radius 2 is 2.22 bits per heavy atom. The lowest BCUT2D eigenvalue weighted by Gasteiger charge is -2.27. The number of aliphatic hydroxyl groups is 3. The summed E-state index contributed by atoms with van der Waals surface area (Å²) in [6.07, 6.45) is -1.69. The topological polar surface area (TPSA) is 120 Å². The number of anilines is 1. The monoisotopic (exact) mass is 375 g/mol. The Morgan fingerprint density at radius 3 is 2.85 bits per heavy atom. The molecular weight excluding hydrogens is 350 g/mol. The van der Waals surface area contributed by atoms with Gasteiger partial charge in [0.15, 0.2) is 6.23 Å². The molecule has 0 aliphatic carbocycles. The van der Waals surface area contributed by atoms with Crippen LogP contribution < -0.4 is 10.2 Å². The van der Waals surface area contributed by atoms with Crippen LogP contribution in [0.3, 0.4) is 0 Å². The third kappa shape index (κ3) is 2.54. The van der Waals surface area contributed by atoms with Crippen LogP contribution in [-0.2, 0) is 4.74 Å². The third-order valence-electron chi connectivity index (χ3n) is 5.10. The molecule has 4 atom stereocenters. The zero-order valence-corrected chi connectivity index (χ0v) is 15.3. The number of rotatable bonds is 3. The van der Waals surface area contributed by atoms with Crippen LogP contribution in [0.25, 0.3) is 28.6 Å². The molecule has 1 saturated heterocycles. The van der Waals surface area contributed by atoms with Gasteiger partial charge in [0.2, 0.25) is 0 Å². The summed E-state index contributed by atoms with van der Waals surface area (Å²) in [7, 11) is 3.78. The van der Waals surface area contributed by atoms with Crippen molar-refractivity contribution >= 4 is 34.3 Å². The second-order valence-electron chi connectivity index (χ2n) is 7.28. The van der Waals surface area contributed by atoms with Crippen LogP contribution in [0.5, 0.6) is 0 Å². The van der Waals surface area contributed by atoms with Crippen LogP contribution in [0.4, 0.5) is 5.69 Å². The zero-order chi connectivity index (χ0) is 20.4. The molecule has 1 fully saturated rings. The molecule has 1 aliphatic heterocycles. The van der Waals surface area contributed by atoms with Gasteiger partial charge in [-0.1, -0.05) is 6.58 Å². The molecule has 144 valence electrons. The van der Waals surface area contributed by atoms with E-state index in [4.69, 9.17) is 6.11 Å².